The molecule has 0 aromatic carbocycles. The second kappa shape index (κ2) is 5.05. The van der Waals surface area contributed by atoms with Crippen LogP contribution in [0.4, 0.5) is 17.6 Å². The van der Waals surface area contributed by atoms with Crippen LogP contribution in [0, 0.1) is 17.3 Å². The molecule has 0 amide bonds. The van der Waals surface area contributed by atoms with Crippen LogP contribution in [0.5, 0.6) is 0 Å². The van der Waals surface area contributed by atoms with Crippen LogP contribution < -0.4 is 0 Å². The number of esters is 1. The number of hydrogen-bond donors (Lipinski definition) is 2. The zero-order valence-electron chi connectivity index (χ0n) is 12.5. The SMILES string of the molecule is O=C(OCC(F)(F)C(F)(F)CO)C12CC3CC(CC(O)(C3)C1)C2. The molecule has 2 atom stereocenters. The number of halogens is 4. The van der Waals surface area contributed by atoms with E-state index in [9.17, 15) is 27.5 Å². The van der Waals surface area contributed by atoms with Crippen molar-refractivity contribution in [2.45, 2.75) is 56.0 Å². The molecule has 4 saturated carbocycles. The fourth-order valence-electron chi connectivity index (χ4n) is 4.98. The standard InChI is InChI=1S/C15H20F4O4/c16-14(17,7-20)15(18,19)8-23-11(21)12-2-9-1-10(3-12)5-13(22,4-9)6-12/h9-10,20,22H,1-8H2. The largest absolute Gasteiger partial charge is 0.459 e. The van der Waals surface area contributed by atoms with E-state index >= 15 is 0 Å². The van der Waals surface area contributed by atoms with Crippen molar-refractivity contribution in [2.24, 2.45) is 17.3 Å². The first kappa shape index (κ1) is 17.0. The Hall–Kier alpha value is -0.890. The van der Waals surface area contributed by atoms with Crippen molar-refractivity contribution in [3.63, 3.8) is 0 Å². The minimum absolute atomic E-state index is 0.146. The Morgan fingerprint density at radius 1 is 1.09 bits per heavy atom. The van der Waals surface area contributed by atoms with E-state index in [1.54, 1.807) is 0 Å². The predicted molar refractivity (Wildman–Crippen MR) is 70.0 cm³/mol. The summed E-state index contributed by atoms with van der Waals surface area (Å²) in [6.45, 7) is -3.79. The van der Waals surface area contributed by atoms with Crippen molar-refractivity contribution in [3.8, 4) is 0 Å². The third kappa shape index (κ3) is 2.73. The summed E-state index contributed by atoms with van der Waals surface area (Å²) in [6.07, 6.45) is 3.14. The lowest BCUT2D eigenvalue weighted by molar-refractivity contribution is -0.250. The first-order valence-electron chi connectivity index (χ1n) is 7.77. The highest BCUT2D eigenvalue weighted by Crippen LogP contribution is 2.62. The van der Waals surface area contributed by atoms with Gasteiger partial charge in [0.2, 0.25) is 0 Å². The van der Waals surface area contributed by atoms with Gasteiger partial charge in [-0.3, -0.25) is 4.79 Å². The Labute approximate surface area is 130 Å². The summed E-state index contributed by atoms with van der Waals surface area (Å²) in [6, 6.07) is 0. The molecule has 4 bridgehead atoms. The highest BCUT2D eigenvalue weighted by molar-refractivity contribution is 5.77. The zero-order chi connectivity index (χ0) is 17.1. The molecule has 132 valence electrons. The van der Waals surface area contributed by atoms with Crippen molar-refractivity contribution < 1.29 is 37.3 Å². The van der Waals surface area contributed by atoms with Gasteiger partial charge in [-0.15, -0.1) is 0 Å². The molecule has 4 nitrogen and oxygen atoms in total. The molecule has 8 heteroatoms. The van der Waals surface area contributed by atoms with Crippen molar-refractivity contribution in [3.05, 3.63) is 0 Å². The zero-order valence-corrected chi connectivity index (χ0v) is 12.5. The molecule has 4 aliphatic carbocycles. The molecule has 4 fully saturated rings. The Morgan fingerprint density at radius 2 is 1.65 bits per heavy atom. The van der Waals surface area contributed by atoms with Crippen molar-refractivity contribution in [1.29, 1.82) is 0 Å². The summed E-state index contributed by atoms with van der Waals surface area (Å²) in [5.41, 5.74) is -2.01. The molecule has 0 spiro atoms. The quantitative estimate of drug-likeness (QED) is 0.594. The van der Waals surface area contributed by atoms with Crippen molar-refractivity contribution in [1.82, 2.24) is 0 Å². The Balaban J connectivity index is 1.69. The van der Waals surface area contributed by atoms with Crippen LogP contribution in [-0.4, -0.2) is 46.8 Å². The van der Waals surface area contributed by atoms with Crippen LogP contribution in [0.15, 0.2) is 0 Å². The monoisotopic (exact) mass is 340 g/mol. The number of ether oxygens (including phenoxy) is 1. The van der Waals surface area contributed by atoms with Crippen LogP contribution in [0.25, 0.3) is 0 Å². The van der Waals surface area contributed by atoms with Crippen molar-refractivity contribution in [2.75, 3.05) is 13.2 Å². The second-order valence-electron chi connectivity index (χ2n) is 7.61. The van der Waals surface area contributed by atoms with Gasteiger partial charge in [-0.25, -0.2) is 0 Å². The van der Waals surface area contributed by atoms with E-state index in [1.165, 1.54) is 0 Å². The fourth-order valence-corrected chi connectivity index (χ4v) is 4.98. The Bertz CT molecular complexity index is 494. The molecule has 0 aromatic rings. The molecule has 4 aliphatic rings. The lowest BCUT2D eigenvalue weighted by Gasteiger charge is -2.58. The van der Waals surface area contributed by atoms with E-state index in [0.29, 0.717) is 25.7 Å². The van der Waals surface area contributed by atoms with Gasteiger partial charge in [0, 0.05) is 0 Å². The first-order valence-corrected chi connectivity index (χ1v) is 7.77. The van der Waals surface area contributed by atoms with Gasteiger partial charge in [0.1, 0.15) is 6.61 Å². The Morgan fingerprint density at radius 3 is 2.13 bits per heavy atom. The van der Waals surface area contributed by atoms with Gasteiger partial charge >= 0.3 is 17.8 Å². The van der Waals surface area contributed by atoms with Gasteiger partial charge in [0.05, 0.1) is 11.0 Å². The van der Waals surface area contributed by atoms with Gasteiger partial charge in [0.15, 0.2) is 6.61 Å². The number of aliphatic hydroxyl groups is 2. The average Bonchev–Trinajstić information content (AvgIpc) is 2.41. The molecular weight excluding hydrogens is 320 g/mol. The van der Waals surface area contributed by atoms with Gasteiger partial charge in [-0.1, -0.05) is 0 Å². The highest BCUT2D eigenvalue weighted by atomic mass is 19.3. The third-order valence-corrected chi connectivity index (χ3v) is 5.58. The maximum absolute atomic E-state index is 13.4. The molecule has 0 heterocycles. The number of alkyl halides is 4. The smallest absolute Gasteiger partial charge is 0.345 e. The average molecular weight is 340 g/mol. The molecule has 4 rings (SSSR count). The number of carbonyl (C=O) groups is 1. The fraction of sp³-hybridized carbons (Fsp3) is 0.933. The summed E-state index contributed by atoms with van der Waals surface area (Å²) in [5, 5.41) is 18.9. The van der Waals surface area contributed by atoms with E-state index in [0.717, 1.165) is 6.42 Å². The first-order chi connectivity index (χ1) is 10.5. The van der Waals surface area contributed by atoms with Crippen LogP contribution in [0.1, 0.15) is 38.5 Å². The van der Waals surface area contributed by atoms with E-state index in [4.69, 9.17) is 5.11 Å². The topological polar surface area (TPSA) is 66.8 Å². The summed E-state index contributed by atoms with van der Waals surface area (Å²) < 4.78 is 57.2. The maximum atomic E-state index is 13.4. The Kier molecular flexibility index (Phi) is 3.72. The van der Waals surface area contributed by atoms with Crippen LogP contribution in [-0.2, 0) is 9.53 Å². The molecule has 0 radical (unpaired) electrons. The summed E-state index contributed by atoms with van der Waals surface area (Å²) >= 11 is 0. The minimum atomic E-state index is -4.65. The second-order valence-corrected chi connectivity index (χ2v) is 7.61. The molecule has 0 aliphatic heterocycles. The summed E-state index contributed by atoms with van der Waals surface area (Å²) in [5.74, 6) is -9.91. The highest BCUT2D eigenvalue weighted by Gasteiger charge is 2.62. The maximum Gasteiger partial charge on any atom is 0.345 e. The normalized spacial score (nSPS) is 39.6. The van der Waals surface area contributed by atoms with Crippen LogP contribution in [0.3, 0.4) is 0 Å². The molecule has 0 saturated heterocycles. The lowest BCUT2D eigenvalue weighted by Crippen LogP contribution is -2.59. The van der Waals surface area contributed by atoms with E-state index in [1.807, 2.05) is 0 Å². The van der Waals surface area contributed by atoms with Crippen LogP contribution in [0.2, 0.25) is 0 Å². The van der Waals surface area contributed by atoms with Crippen LogP contribution >= 0.6 is 0 Å². The number of aliphatic hydroxyl groups excluding tert-OH is 1. The van der Waals surface area contributed by atoms with Gasteiger partial charge in [-0.2, -0.15) is 17.6 Å². The van der Waals surface area contributed by atoms with E-state index < -0.39 is 42.0 Å². The molecule has 23 heavy (non-hydrogen) atoms. The third-order valence-electron chi connectivity index (χ3n) is 5.58. The summed E-state index contributed by atoms with van der Waals surface area (Å²) in [7, 11) is 0. The number of hydrogen-bond acceptors (Lipinski definition) is 4. The van der Waals surface area contributed by atoms with Crippen molar-refractivity contribution >= 4 is 5.97 Å². The molecule has 2 unspecified atom stereocenters. The number of carbonyl (C=O) groups excluding carboxylic acids is 1. The summed E-state index contributed by atoms with van der Waals surface area (Å²) in [4.78, 5) is 12.3. The predicted octanol–water partition coefficient (Wildman–Crippen LogP) is 2.12. The molecule has 2 N–H and O–H groups in total. The lowest BCUT2D eigenvalue weighted by atomic mass is 9.48. The molecular formula is C15H20F4O4. The minimum Gasteiger partial charge on any atom is -0.459 e. The van der Waals surface area contributed by atoms with E-state index in [-0.39, 0.29) is 18.3 Å². The molecule has 0 aromatic heterocycles. The van der Waals surface area contributed by atoms with Gasteiger partial charge in [0.25, 0.3) is 0 Å². The van der Waals surface area contributed by atoms with Gasteiger partial charge < -0.3 is 14.9 Å². The van der Waals surface area contributed by atoms with E-state index in [2.05, 4.69) is 4.74 Å². The van der Waals surface area contributed by atoms with Gasteiger partial charge in [-0.05, 0) is 50.4 Å². The number of rotatable bonds is 5.